The van der Waals surface area contributed by atoms with Gasteiger partial charge in [0, 0.05) is 30.8 Å². The topological polar surface area (TPSA) is 110 Å². The van der Waals surface area contributed by atoms with E-state index >= 15 is 0 Å². The normalized spacial score (nSPS) is 13.1. The van der Waals surface area contributed by atoms with Crippen molar-refractivity contribution in [3.63, 3.8) is 0 Å². The maximum Gasteiger partial charge on any atom is 0.271 e. The van der Waals surface area contributed by atoms with Crippen LogP contribution in [0.5, 0.6) is 0 Å². The standard InChI is InChI=1S/C22H19N3O5S/c26-22(24-12-11-17-9-10-19(25(27)28)14-21(17)24)18-7-4-8-20(13-18)31(29,30)23-15-16-5-2-1-3-6-16/h1-10,13-14,23H,11-12,15H2. The minimum atomic E-state index is -3.83. The first kappa shape index (κ1) is 20.7. The highest BCUT2D eigenvalue weighted by Crippen LogP contribution is 2.33. The summed E-state index contributed by atoms with van der Waals surface area (Å²) >= 11 is 0. The Morgan fingerprint density at radius 1 is 1.03 bits per heavy atom. The average molecular weight is 437 g/mol. The molecule has 8 nitrogen and oxygen atoms in total. The van der Waals surface area contributed by atoms with Crippen molar-refractivity contribution in [3.8, 4) is 0 Å². The second-order valence-corrected chi connectivity index (χ2v) is 8.88. The molecule has 1 heterocycles. The zero-order valence-electron chi connectivity index (χ0n) is 16.4. The average Bonchev–Trinajstić information content (AvgIpc) is 3.21. The van der Waals surface area contributed by atoms with Gasteiger partial charge in [-0.1, -0.05) is 42.5 Å². The number of sulfonamides is 1. The number of nitrogens with one attached hydrogen (secondary N) is 1. The molecule has 1 aliphatic rings. The summed E-state index contributed by atoms with van der Waals surface area (Å²) in [7, 11) is -3.83. The minimum Gasteiger partial charge on any atom is -0.307 e. The lowest BCUT2D eigenvalue weighted by Crippen LogP contribution is -2.29. The summed E-state index contributed by atoms with van der Waals surface area (Å²) < 4.78 is 28.0. The molecule has 1 N–H and O–H groups in total. The highest BCUT2D eigenvalue weighted by Gasteiger charge is 2.28. The predicted molar refractivity (Wildman–Crippen MR) is 115 cm³/mol. The lowest BCUT2D eigenvalue weighted by atomic mass is 10.1. The minimum absolute atomic E-state index is 0.0206. The Hall–Kier alpha value is -3.56. The van der Waals surface area contributed by atoms with E-state index in [1.54, 1.807) is 6.07 Å². The molecule has 3 aromatic carbocycles. The van der Waals surface area contributed by atoms with E-state index in [0.29, 0.717) is 18.7 Å². The van der Waals surface area contributed by atoms with Crippen LogP contribution in [0.2, 0.25) is 0 Å². The molecule has 4 rings (SSSR count). The molecule has 3 aromatic rings. The van der Waals surface area contributed by atoms with E-state index in [0.717, 1.165) is 11.1 Å². The van der Waals surface area contributed by atoms with Crippen molar-refractivity contribution in [3.05, 3.63) is 99.6 Å². The van der Waals surface area contributed by atoms with Crippen molar-refractivity contribution in [2.45, 2.75) is 17.9 Å². The van der Waals surface area contributed by atoms with Crippen LogP contribution in [-0.2, 0) is 23.0 Å². The van der Waals surface area contributed by atoms with Gasteiger partial charge in [-0.05, 0) is 35.7 Å². The quantitative estimate of drug-likeness (QED) is 0.470. The Bertz CT molecular complexity index is 1260. The molecule has 9 heteroatoms. The van der Waals surface area contributed by atoms with Crippen molar-refractivity contribution >= 4 is 27.3 Å². The molecule has 31 heavy (non-hydrogen) atoms. The van der Waals surface area contributed by atoms with Gasteiger partial charge in [0.1, 0.15) is 0 Å². The molecule has 0 aromatic heterocycles. The number of nitrogens with zero attached hydrogens (tertiary/aromatic N) is 2. The zero-order valence-corrected chi connectivity index (χ0v) is 17.2. The number of fused-ring (bicyclic) bond motifs is 1. The molecule has 158 valence electrons. The summed E-state index contributed by atoms with van der Waals surface area (Å²) in [5.41, 5.74) is 2.23. The molecule has 0 radical (unpaired) electrons. The van der Waals surface area contributed by atoms with Gasteiger partial charge in [0.15, 0.2) is 0 Å². The Kier molecular flexibility index (Phi) is 5.53. The molecule has 1 aliphatic heterocycles. The maximum absolute atomic E-state index is 13.1. The highest BCUT2D eigenvalue weighted by atomic mass is 32.2. The van der Waals surface area contributed by atoms with Gasteiger partial charge in [-0.3, -0.25) is 14.9 Å². The van der Waals surface area contributed by atoms with Crippen LogP contribution in [-0.4, -0.2) is 25.8 Å². The predicted octanol–water partition coefficient (Wildman–Crippen LogP) is 3.28. The lowest BCUT2D eigenvalue weighted by molar-refractivity contribution is -0.384. The second kappa shape index (κ2) is 8.29. The molecule has 1 amide bonds. The van der Waals surface area contributed by atoms with E-state index in [4.69, 9.17) is 0 Å². The van der Waals surface area contributed by atoms with Gasteiger partial charge in [0.05, 0.1) is 15.5 Å². The molecule has 0 aliphatic carbocycles. The third kappa shape index (κ3) is 4.32. The molecule has 0 spiro atoms. The van der Waals surface area contributed by atoms with Crippen LogP contribution in [0.1, 0.15) is 21.5 Å². The summed E-state index contributed by atoms with van der Waals surface area (Å²) in [6, 6.07) is 19.3. The van der Waals surface area contributed by atoms with Gasteiger partial charge in [0.2, 0.25) is 10.0 Å². The molecule has 0 fully saturated rings. The smallest absolute Gasteiger partial charge is 0.271 e. The van der Waals surface area contributed by atoms with Crippen molar-refractivity contribution in [2.24, 2.45) is 0 Å². The molecule has 0 unspecified atom stereocenters. The summed E-state index contributed by atoms with van der Waals surface area (Å²) in [4.78, 5) is 25.1. The fraction of sp³-hybridized carbons (Fsp3) is 0.136. The van der Waals surface area contributed by atoms with Crippen LogP contribution >= 0.6 is 0 Å². The Morgan fingerprint density at radius 2 is 1.81 bits per heavy atom. The Balaban J connectivity index is 1.57. The van der Waals surface area contributed by atoms with E-state index in [-0.39, 0.29) is 22.7 Å². The third-order valence-electron chi connectivity index (χ3n) is 5.12. The van der Waals surface area contributed by atoms with Gasteiger partial charge >= 0.3 is 0 Å². The Morgan fingerprint density at radius 3 is 2.55 bits per heavy atom. The molecule has 0 bridgehead atoms. The van der Waals surface area contributed by atoms with Crippen LogP contribution in [0, 0.1) is 10.1 Å². The number of nitro groups is 1. The van der Waals surface area contributed by atoms with Gasteiger partial charge in [-0.2, -0.15) is 0 Å². The van der Waals surface area contributed by atoms with Crippen LogP contribution < -0.4 is 9.62 Å². The number of rotatable bonds is 6. The first-order valence-corrected chi connectivity index (χ1v) is 11.1. The van der Waals surface area contributed by atoms with Gasteiger partial charge in [-0.25, -0.2) is 13.1 Å². The molecule has 0 saturated carbocycles. The number of non-ortho nitro benzene ring substituents is 1. The summed E-state index contributed by atoms with van der Waals surface area (Å²) in [5, 5.41) is 11.1. The zero-order chi connectivity index (χ0) is 22.0. The SMILES string of the molecule is O=C(c1cccc(S(=O)(=O)NCc2ccccc2)c1)N1CCc2ccc([N+](=O)[O-])cc21. The van der Waals surface area contributed by atoms with Crippen molar-refractivity contribution in [1.29, 1.82) is 0 Å². The molecular weight excluding hydrogens is 418 g/mol. The summed E-state index contributed by atoms with van der Waals surface area (Å²) in [6.07, 6.45) is 0.579. The monoisotopic (exact) mass is 437 g/mol. The van der Waals surface area contributed by atoms with Gasteiger partial charge in [0.25, 0.3) is 11.6 Å². The molecular formula is C22H19N3O5S. The molecule has 0 saturated heterocycles. The largest absolute Gasteiger partial charge is 0.307 e. The fourth-order valence-corrected chi connectivity index (χ4v) is 4.56. The number of anilines is 1. The first-order chi connectivity index (χ1) is 14.8. The number of hydrogen-bond acceptors (Lipinski definition) is 5. The summed E-state index contributed by atoms with van der Waals surface area (Å²) in [6.45, 7) is 0.503. The number of amides is 1. The Labute approximate surface area is 179 Å². The van der Waals surface area contributed by atoms with Crippen LogP contribution in [0.25, 0.3) is 0 Å². The van der Waals surface area contributed by atoms with Crippen LogP contribution in [0.3, 0.4) is 0 Å². The van der Waals surface area contributed by atoms with Crippen molar-refractivity contribution in [1.82, 2.24) is 4.72 Å². The first-order valence-electron chi connectivity index (χ1n) is 9.58. The lowest BCUT2D eigenvalue weighted by Gasteiger charge is -2.18. The number of carbonyl (C=O) groups excluding carboxylic acids is 1. The van der Waals surface area contributed by atoms with E-state index in [2.05, 4.69) is 4.72 Å². The number of benzene rings is 3. The van der Waals surface area contributed by atoms with E-state index in [9.17, 15) is 23.3 Å². The van der Waals surface area contributed by atoms with E-state index < -0.39 is 20.9 Å². The highest BCUT2D eigenvalue weighted by molar-refractivity contribution is 7.89. The summed E-state index contributed by atoms with van der Waals surface area (Å²) in [5.74, 6) is -0.403. The van der Waals surface area contributed by atoms with Crippen LogP contribution in [0.4, 0.5) is 11.4 Å². The van der Waals surface area contributed by atoms with Crippen molar-refractivity contribution < 1.29 is 18.1 Å². The second-order valence-electron chi connectivity index (χ2n) is 7.11. The maximum atomic E-state index is 13.1. The number of hydrogen-bond donors (Lipinski definition) is 1. The third-order valence-corrected chi connectivity index (χ3v) is 6.52. The number of nitro benzene ring substituents is 1. The van der Waals surface area contributed by atoms with Gasteiger partial charge < -0.3 is 4.90 Å². The van der Waals surface area contributed by atoms with E-state index in [1.165, 1.54) is 41.3 Å². The van der Waals surface area contributed by atoms with E-state index in [1.807, 2.05) is 30.3 Å². The van der Waals surface area contributed by atoms with Crippen molar-refractivity contribution in [2.75, 3.05) is 11.4 Å². The van der Waals surface area contributed by atoms with Gasteiger partial charge in [-0.15, -0.1) is 0 Å². The number of carbonyl (C=O) groups is 1. The molecule has 0 atom stereocenters. The fourth-order valence-electron chi connectivity index (χ4n) is 3.50. The van der Waals surface area contributed by atoms with Crippen LogP contribution in [0.15, 0.2) is 77.7 Å².